The first-order valence-corrected chi connectivity index (χ1v) is 7.41. The topological polar surface area (TPSA) is 58.1 Å². The summed E-state index contributed by atoms with van der Waals surface area (Å²) < 4.78 is 0. The van der Waals surface area contributed by atoms with Crippen LogP contribution in [0.1, 0.15) is 13.3 Å². The standard InChI is InChI=1S/C12H13ClN4OS/c1-2-8-10(18)14-4-5-17(8)9-7-3-6-19-11(7)16-12(13)15-9/h3,6,8H,2,4-5H2,1H3,(H,14,18). The van der Waals surface area contributed by atoms with Gasteiger partial charge in [-0.1, -0.05) is 6.92 Å². The van der Waals surface area contributed by atoms with Gasteiger partial charge in [-0.05, 0) is 29.5 Å². The molecule has 19 heavy (non-hydrogen) atoms. The van der Waals surface area contributed by atoms with E-state index in [0.717, 1.165) is 29.0 Å². The van der Waals surface area contributed by atoms with Crippen molar-refractivity contribution in [2.24, 2.45) is 0 Å². The lowest BCUT2D eigenvalue weighted by Crippen LogP contribution is -2.55. The number of hydrogen-bond donors (Lipinski definition) is 1. The van der Waals surface area contributed by atoms with Gasteiger partial charge < -0.3 is 10.2 Å². The van der Waals surface area contributed by atoms with E-state index < -0.39 is 0 Å². The Kier molecular flexibility index (Phi) is 3.28. The van der Waals surface area contributed by atoms with Crippen LogP contribution in [0.4, 0.5) is 5.82 Å². The first-order chi connectivity index (χ1) is 9.20. The molecule has 2 aromatic rings. The Hall–Kier alpha value is -1.40. The average molecular weight is 297 g/mol. The van der Waals surface area contributed by atoms with Crippen molar-refractivity contribution < 1.29 is 4.79 Å². The van der Waals surface area contributed by atoms with Crippen LogP contribution in [0, 0.1) is 0 Å². The van der Waals surface area contributed by atoms with Crippen molar-refractivity contribution in [3.8, 4) is 0 Å². The zero-order valence-corrected chi connectivity index (χ0v) is 12.0. The van der Waals surface area contributed by atoms with E-state index in [1.54, 1.807) is 0 Å². The molecule has 0 bridgehead atoms. The molecule has 7 heteroatoms. The molecular weight excluding hydrogens is 284 g/mol. The second kappa shape index (κ2) is 4.94. The number of halogens is 1. The predicted molar refractivity (Wildman–Crippen MR) is 76.9 cm³/mol. The molecule has 0 saturated carbocycles. The van der Waals surface area contributed by atoms with E-state index in [0.29, 0.717) is 6.54 Å². The lowest BCUT2D eigenvalue weighted by molar-refractivity contribution is -0.123. The van der Waals surface area contributed by atoms with Crippen LogP contribution in [0.15, 0.2) is 11.4 Å². The van der Waals surface area contributed by atoms with Gasteiger partial charge in [-0.2, -0.15) is 4.98 Å². The van der Waals surface area contributed by atoms with Crippen molar-refractivity contribution in [1.29, 1.82) is 0 Å². The molecule has 0 aromatic carbocycles. The van der Waals surface area contributed by atoms with Crippen molar-refractivity contribution in [2.75, 3.05) is 18.0 Å². The lowest BCUT2D eigenvalue weighted by atomic mass is 10.1. The Morgan fingerprint density at radius 2 is 2.42 bits per heavy atom. The van der Waals surface area contributed by atoms with Gasteiger partial charge in [0.25, 0.3) is 0 Å². The highest BCUT2D eigenvalue weighted by molar-refractivity contribution is 7.16. The molecule has 1 fully saturated rings. The van der Waals surface area contributed by atoms with E-state index in [9.17, 15) is 4.79 Å². The largest absolute Gasteiger partial charge is 0.353 e. The Morgan fingerprint density at radius 1 is 1.58 bits per heavy atom. The summed E-state index contributed by atoms with van der Waals surface area (Å²) in [7, 11) is 0. The number of nitrogens with zero attached hydrogens (tertiary/aromatic N) is 3. The highest BCUT2D eigenvalue weighted by Crippen LogP contribution is 2.31. The molecule has 3 heterocycles. The Labute approximate surface area is 119 Å². The van der Waals surface area contributed by atoms with Gasteiger partial charge in [-0.15, -0.1) is 11.3 Å². The molecular formula is C12H13ClN4OS. The van der Waals surface area contributed by atoms with Crippen molar-refractivity contribution in [1.82, 2.24) is 15.3 Å². The summed E-state index contributed by atoms with van der Waals surface area (Å²) in [6, 6.07) is 1.79. The molecule has 3 rings (SSSR count). The SMILES string of the molecule is CCC1C(=O)NCCN1c1nc(Cl)nc2sccc12. The van der Waals surface area contributed by atoms with Crippen LogP contribution in [-0.4, -0.2) is 35.0 Å². The zero-order chi connectivity index (χ0) is 13.4. The number of amides is 1. The van der Waals surface area contributed by atoms with Crippen LogP contribution in [0.2, 0.25) is 5.28 Å². The number of fused-ring (bicyclic) bond motifs is 1. The zero-order valence-electron chi connectivity index (χ0n) is 10.4. The number of hydrogen-bond acceptors (Lipinski definition) is 5. The van der Waals surface area contributed by atoms with E-state index in [-0.39, 0.29) is 17.2 Å². The first kappa shape index (κ1) is 12.6. The fourth-order valence-electron chi connectivity index (χ4n) is 2.41. The Balaban J connectivity index is 2.11. The fraction of sp³-hybridized carbons (Fsp3) is 0.417. The van der Waals surface area contributed by atoms with Crippen molar-refractivity contribution in [3.63, 3.8) is 0 Å². The molecule has 1 aliphatic heterocycles. The molecule has 0 radical (unpaired) electrons. The third-order valence-electron chi connectivity index (χ3n) is 3.27. The normalized spacial score (nSPS) is 19.8. The molecule has 1 unspecified atom stereocenters. The maximum absolute atomic E-state index is 11.9. The van der Waals surface area contributed by atoms with E-state index in [2.05, 4.69) is 15.3 Å². The van der Waals surface area contributed by atoms with Crippen LogP contribution >= 0.6 is 22.9 Å². The number of thiophene rings is 1. The molecule has 100 valence electrons. The minimum Gasteiger partial charge on any atom is -0.353 e. The minimum atomic E-state index is -0.192. The van der Waals surface area contributed by atoms with Gasteiger partial charge in [0.1, 0.15) is 16.7 Å². The number of nitrogens with one attached hydrogen (secondary N) is 1. The number of aromatic nitrogens is 2. The number of rotatable bonds is 2. The third kappa shape index (κ3) is 2.15. The first-order valence-electron chi connectivity index (χ1n) is 6.15. The number of carbonyl (C=O) groups is 1. The molecule has 1 amide bonds. The third-order valence-corrected chi connectivity index (χ3v) is 4.24. The monoisotopic (exact) mass is 296 g/mol. The summed E-state index contributed by atoms with van der Waals surface area (Å²) in [6.07, 6.45) is 0.735. The van der Waals surface area contributed by atoms with Gasteiger partial charge in [-0.25, -0.2) is 4.98 Å². The Bertz CT molecular complexity index is 629. The number of anilines is 1. The van der Waals surface area contributed by atoms with Crippen LogP contribution in [0.25, 0.3) is 10.2 Å². The number of carbonyl (C=O) groups excluding carboxylic acids is 1. The highest BCUT2D eigenvalue weighted by atomic mass is 35.5. The molecule has 1 saturated heterocycles. The molecule has 0 aliphatic carbocycles. The van der Waals surface area contributed by atoms with Crippen LogP contribution in [-0.2, 0) is 4.79 Å². The molecule has 2 aromatic heterocycles. The number of piperazine rings is 1. The van der Waals surface area contributed by atoms with E-state index in [1.165, 1.54) is 11.3 Å². The summed E-state index contributed by atoms with van der Waals surface area (Å²) in [5, 5.41) is 6.04. The summed E-state index contributed by atoms with van der Waals surface area (Å²) in [5.74, 6) is 0.810. The molecule has 1 atom stereocenters. The van der Waals surface area contributed by atoms with E-state index in [4.69, 9.17) is 11.6 Å². The molecule has 5 nitrogen and oxygen atoms in total. The van der Waals surface area contributed by atoms with E-state index in [1.807, 2.05) is 23.3 Å². The fourth-order valence-corrected chi connectivity index (χ4v) is 3.38. The lowest BCUT2D eigenvalue weighted by Gasteiger charge is -2.35. The molecule has 0 spiro atoms. The second-order valence-corrected chi connectivity index (χ2v) is 5.60. The molecule has 1 N–H and O–H groups in total. The summed E-state index contributed by atoms with van der Waals surface area (Å²) >= 11 is 7.51. The Morgan fingerprint density at radius 3 is 3.21 bits per heavy atom. The maximum atomic E-state index is 11.9. The van der Waals surface area contributed by atoms with Gasteiger partial charge in [0.2, 0.25) is 11.2 Å². The molecule has 1 aliphatic rings. The van der Waals surface area contributed by atoms with Crippen LogP contribution in [0.5, 0.6) is 0 Å². The van der Waals surface area contributed by atoms with Crippen LogP contribution < -0.4 is 10.2 Å². The van der Waals surface area contributed by atoms with Gasteiger partial charge in [0.15, 0.2) is 0 Å². The maximum Gasteiger partial charge on any atom is 0.242 e. The summed E-state index contributed by atoms with van der Waals surface area (Å²) in [6.45, 7) is 3.36. The van der Waals surface area contributed by atoms with E-state index >= 15 is 0 Å². The quantitative estimate of drug-likeness (QED) is 0.862. The van der Waals surface area contributed by atoms with Crippen molar-refractivity contribution >= 4 is 44.9 Å². The van der Waals surface area contributed by atoms with Gasteiger partial charge in [0.05, 0.1) is 5.39 Å². The second-order valence-electron chi connectivity index (χ2n) is 4.36. The van der Waals surface area contributed by atoms with Gasteiger partial charge >= 0.3 is 0 Å². The summed E-state index contributed by atoms with van der Waals surface area (Å²) in [4.78, 5) is 23.4. The summed E-state index contributed by atoms with van der Waals surface area (Å²) in [5.41, 5.74) is 0. The minimum absolute atomic E-state index is 0.0480. The van der Waals surface area contributed by atoms with Crippen molar-refractivity contribution in [3.05, 3.63) is 16.7 Å². The van der Waals surface area contributed by atoms with Crippen LogP contribution in [0.3, 0.4) is 0 Å². The smallest absolute Gasteiger partial charge is 0.242 e. The average Bonchev–Trinajstić information content (AvgIpc) is 2.85. The van der Waals surface area contributed by atoms with Crippen molar-refractivity contribution in [2.45, 2.75) is 19.4 Å². The predicted octanol–water partition coefficient (Wildman–Crippen LogP) is 2.06. The van der Waals surface area contributed by atoms with Gasteiger partial charge in [0, 0.05) is 13.1 Å². The highest BCUT2D eigenvalue weighted by Gasteiger charge is 2.30. The van der Waals surface area contributed by atoms with Gasteiger partial charge in [-0.3, -0.25) is 4.79 Å².